The van der Waals surface area contributed by atoms with Crippen molar-refractivity contribution in [2.45, 2.75) is 45.2 Å². The van der Waals surface area contributed by atoms with Crippen molar-refractivity contribution >= 4 is 11.9 Å². The molecule has 0 heterocycles. The van der Waals surface area contributed by atoms with Gasteiger partial charge in [-0.25, -0.2) is 0 Å². The Morgan fingerprint density at radius 3 is 2.43 bits per heavy atom. The van der Waals surface area contributed by atoms with Gasteiger partial charge >= 0.3 is 12.1 Å². The molecule has 4 nitrogen and oxygen atoms in total. The molecule has 1 fully saturated rings. The number of amides is 1. The molecule has 2 atom stereocenters. The SMILES string of the molecule is CCOC(=O)CCN(C)C(=O)C1CCCCC1C(F)(F)F. The number of esters is 1. The smallest absolute Gasteiger partial charge is 0.392 e. The third kappa shape index (κ3) is 5.21. The number of hydrogen-bond acceptors (Lipinski definition) is 3. The standard InChI is InChI=1S/C14H22F3NO3/c1-3-21-12(19)8-9-18(2)13(20)10-6-4-5-7-11(10)14(15,16)17/h10-11H,3-9H2,1-2H3. The quantitative estimate of drug-likeness (QED) is 0.734. The molecule has 0 radical (unpaired) electrons. The molecule has 21 heavy (non-hydrogen) atoms. The lowest BCUT2D eigenvalue weighted by Gasteiger charge is -2.34. The molecular weight excluding hydrogens is 287 g/mol. The number of alkyl halides is 3. The van der Waals surface area contributed by atoms with Crippen LogP contribution in [0.2, 0.25) is 0 Å². The maximum absolute atomic E-state index is 13.0. The van der Waals surface area contributed by atoms with Gasteiger partial charge in [0.25, 0.3) is 0 Å². The fourth-order valence-corrected chi connectivity index (χ4v) is 2.70. The Labute approximate surface area is 122 Å². The molecule has 0 bridgehead atoms. The summed E-state index contributed by atoms with van der Waals surface area (Å²) in [6.07, 6.45) is -2.95. The van der Waals surface area contributed by atoms with Crippen LogP contribution in [0, 0.1) is 11.8 Å². The molecule has 0 aromatic heterocycles. The van der Waals surface area contributed by atoms with Crippen LogP contribution in [0.3, 0.4) is 0 Å². The van der Waals surface area contributed by atoms with E-state index in [0.717, 1.165) is 0 Å². The maximum Gasteiger partial charge on any atom is 0.392 e. The molecular formula is C14H22F3NO3. The molecule has 0 aliphatic heterocycles. The van der Waals surface area contributed by atoms with E-state index in [1.54, 1.807) is 6.92 Å². The minimum Gasteiger partial charge on any atom is -0.466 e. The second-order valence-corrected chi connectivity index (χ2v) is 5.35. The normalized spacial score (nSPS) is 22.7. The van der Waals surface area contributed by atoms with Crippen LogP contribution >= 0.6 is 0 Å². The zero-order chi connectivity index (χ0) is 16.0. The van der Waals surface area contributed by atoms with Crippen molar-refractivity contribution in [2.24, 2.45) is 11.8 Å². The Bertz CT molecular complexity index is 371. The van der Waals surface area contributed by atoms with Crippen molar-refractivity contribution in [2.75, 3.05) is 20.2 Å². The lowest BCUT2D eigenvalue weighted by Crippen LogP contribution is -2.43. The summed E-state index contributed by atoms with van der Waals surface area (Å²) < 4.78 is 43.7. The molecule has 2 unspecified atom stereocenters. The van der Waals surface area contributed by atoms with Gasteiger partial charge in [0.15, 0.2) is 0 Å². The topological polar surface area (TPSA) is 46.6 Å². The van der Waals surface area contributed by atoms with Gasteiger partial charge in [0.1, 0.15) is 0 Å². The van der Waals surface area contributed by atoms with Crippen molar-refractivity contribution in [3.05, 3.63) is 0 Å². The number of ether oxygens (including phenoxy) is 1. The van der Waals surface area contributed by atoms with E-state index in [9.17, 15) is 22.8 Å². The van der Waals surface area contributed by atoms with Gasteiger partial charge in [-0.05, 0) is 19.8 Å². The van der Waals surface area contributed by atoms with Crippen molar-refractivity contribution in [3.8, 4) is 0 Å². The van der Waals surface area contributed by atoms with Crippen molar-refractivity contribution < 1.29 is 27.5 Å². The highest BCUT2D eigenvalue weighted by Gasteiger charge is 2.48. The number of rotatable bonds is 5. The van der Waals surface area contributed by atoms with Gasteiger partial charge in [-0.15, -0.1) is 0 Å². The van der Waals surface area contributed by atoms with Gasteiger partial charge in [-0.3, -0.25) is 9.59 Å². The second kappa shape index (κ2) is 7.66. The minimum atomic E-state index is -4.34. The minimum absolute atomic E-state index is 0.000511. The van der Waals surface area contributed by atoms with Crippen LogP contribution in [-0.2, 0) is 14.3 Å². The third-order valence-electron chi connectivity index (χ3n) is 3.84. The molecule has 1 aliphatic rings. The van der Waals surface area contributed by atoms with Crippen molar-refractivity contribution in [1.29, 1.82) is 0 Å². The highest BCUT2D eigenvalue weighted by Crippen LogP contribution is 2.42. The predicted molar refractivity (Wildman–Crippen MR) is 70.4 cm³/mol. The first-order chi connectivity index (χ1) is 9.77. The fraction of sp³-hybridized carbons (Fsp3) is 0.857. The Hall–Kier alpha value is -1.27. The average molecular weight is 309 g/mol. The van der Waals surface area contributed by atoms with Crippen molar-refractivity contribution in [3.63, 3.8) is 0 Å². The Morgan fingerprint density at radius 1 is 1.24 bits per heavy atom. The molecule has 0 spiro atoms. The van der Waals surface area contributed by atoms with E-state index in [1.807, 2.05) is 0 Å². The van der Waals surface area contributed by atoms with E-state index < -0.39 is 29.9 Å². The first-order valence-corrected chi connectivity index (χ1v) is 7.24. The molecule has 122 valence electrons. The van der Waals surface area contributed by atoms with Crippen LogP contribution in [0.25, 0.3) is 0 Å². The van der Waals surface area contributed by atoms with Crippen LogP contribution in [0.1, 0.15) is 39.0 Å². The summed E-state index contributed by atoms with van der Waals surface area (Å²) in [5.74, 6) is -3.57. The molecule has 1 amide bonds. The Morgan fingerprint density at radius 2 is 1.86 bits per heavy atom. The molecule has 0 N–H and O–H groups in total. The molecule has 0 aromatic rings. The van der Waals surface area contributed by atoms with E-state index >= 15 is 0 Å². The number of carbonyl (C=O) groups is 2. The first kappa shape index (κ1) is 17.8. The lowest BCUT2D eigenvalue weighted by molar-refractivity contribution is -0.200. The van der Waals surface area contributed by atoms with Crippen LogP contribution < -0.4 is 0 Å². The van der Waals surface area contributed by atoms with Crippen LogP contribution in [0.5, 0.6) is 0 Å². The highest BCUT2D eigenvalue weighted by atomic mass is 19.4. The van der Waals surface area contributed by atoms with Gasteiger partial charge in [-0.2, -0.15) is 13.2 Å². The Balaban J connectivity index is 2.60. The monoisotopic (exact) mass is 309 g/mol. The number of hydrogen-bond donors (Lipinski definition) is 0. The third-order valence-corrected chi connectivity index (χ3v) is 3.84. The zero-order valence-corrected chi connectivity index (χ0v) is 12.4. The average Bonchev–Trinajstić information content (AvgIpc) is 2.43. The van der Waals surface area contributed by atoms with E-state index in [1.165, 1.54) is 11.9 Å². The first-order valence-electron chi connectivity index (χ1n) is 7.24. The molecule has 0 saturated heterocycles. The number of nitrogens with zero attached hydrogens (tertiary/aromatic N) is 1. The van der Waals surface area contributed by atoms with Gasteiger partial charge in [-0.1, -0.05) is 12.8 Å². The summed E-state index contributed by atoms with van der Waals surface area (Å²) in [4.78, 5) is 24.6. The molecule has 1 rings (SSSR count). The van der Waals surface area contributed by atoms with Gasteiger partial charge < -0.3 is 9.64 Å². The lowest BCUT2D eigenvalue weighted by atomic mass is 9.78. The summed E-state index contributed by atoms with van der Waals surface area (Å²) in [6, 6.07) is 0. The summed E-state index contributed by atoms with van der Waals surface area (Å²) in [5, 5.41) is 0. The van der Waals surface area contributed by atoms with Gasteiger partial charge in [0.05, 0.1) is 18.9 Å². The molecule has 1 aliphatic carbocycles. The second-order valence-electron chi connectivity index (χ2n) is 5.35. The van der Waals surface area contributed by atoms with E-state index in [0.29, 0.717) is 12.8 Å². The Kier molecular flexibility index (Phi) is 6.48. The van der Waals surface area contributed by atoms with Gasteiger partial charge in [0.2, 0.25) is 5.91 Å². The van der Waals surface area contributed by atoms with E-state index in [4.69, 9.17) is 4.74 Å². The summed E-state index contributed by atoms with van der Waals surface area (Å²) in [7, 11) is 1.43. The summed E-state index contributed by atoms with van der Waals surface area (Å²) in [5.41, 5.74) is 0. The van der Waals surface area contributed by atoms with E-state index in [2.05, 4.69) is 0 Å². The van der Waals surface area contributed by atoms with Gasteiger partial charge in [0, 0.05) is 19.5 Å². The fourth-order valence-electron chi connectivity index (χ4n) is 2.70. The highest BCUT2D eigenvalue weighted by molar-refractivity contribution is 5.79. The number of carbonyl (C=O) groups excluding carboxylic acids is 2. The maximum atomic E-state index is 13.0. The number of halogens is 3. The van der Waals surface area contributed by atoms with E-state index in [-0.39, 0.29) is 32.4 Å². The van der Waals surface area contributed by atoms with Crippen LogP contribution in [0.15, 0.2) is 0 Å². The molecule has 1 saturated carbocycles. The summed E-state index contributed by atoms with van der Waals surface area (Å²) in [6.45, 7) is 2.00. The zero-order valence-electron chi connectivity index (χ0n) is 12.4. The van der Waals surface area contributed by atoms with Crippen molar-refractivity contribution in [1.82, 2.24) is 4.90 Å². The molecule has 0 aromatic carbocycles. The summed E-state index contributed by atoms with van der Waals surface area (Å²) >= 11 is 0. The predicted octanol–water partition coefficient (Wildman–Crippen LogP) is 2.77. The largest absolute Gasteiger partial charge is 0.466 e. The molecule has 7 heteroatoms. The van der Waals surface area contributed by atoms with Crippen LogP contribution in [-0.4, -0.2) is 43.2 Å². The van der Waals surface area contributed by atoms with Crippen LogP contribution in [0.4, 0.5) is 13.2 Å².